The van der Waals surface area contributed by atoms with Gasteiger partial charge in [0.1, 0.15) is 0 Å². The third-order valence-electron chi connectivity index (χ3n) is 3.56. The van der Waals surface area contributed by atoms with Crippen LogP contribution in [0.5, 0.6) is 5.88 Å². The van der Waals surface area contributed by atoms with E-state index in [4.69, 9.17) is 4.74 Å². The van der Waals surface area contributed by atoms with E-state index in [9.17, 15) is 4.79 Å². The van der Waals surface area contributed by atoms with Gasteiger partial charge in [0.05, 0.1) is 7.11 Å². The van der Waals surface area contributed by atoms with Gasteiger partial charge in [-0.25, -0.2) is 9.78 Å². The van der Waals surface area contributed by atoms with E-state index in [1.807, 2.05) is 50.2 Å². The first-order chi connectivity index (χ1) is 11.4. The predicted octanol–water partition coefficient (Wildman–Crippen LogP) is 3.55. The van der Waals surface area contributed by atoms with Gasteiger partial charge in [0, 0.05) is 48.2 Å². The van der Waals surface area contributed by atoms with Gasteiger partial charge in [0.25, 0.3) is 0 Å². The summed E-state index contributed by atoms with van der Waals surface area (Å²) in [7, 11) is 5.49. The van der Waals surface area contributed by atoms with Gasteiger partial charge in [-0.1, -0.05) is 6.07 Å². The molecule has 2 aromatic rings. The van der Waals surface area contributed by atoms with E-state index in [-0.39, 0.29) is 6.03 Å². The van der Waals surface area contributed by atoms with Crippen LogP contribution in [-0.4, -0.2) is 32.2 Å². The number of pyridine rings is 1. The average molecular weight is 393 g/mol. The number of carbonyl (C=O) groups excluding carboxylic acids is 1. The predicted molar refractivity (Wildman–Crippen MR) is 99.9 cm³/mol. The molecule has 0 unspecified atom stereocenters. The quantitative estimate of drug-likeness (QED) is 0.816. The molecule has 0 aliphatic carbocycles. The SMILES string of the molecule is COc1ncc(Br)cc1CNC(=O)Nc1cccc(N(C)C)c1C. The molecule has 7 heteroatoms. The second kappa shape index (κ2) is 8.01. The number of nitrogens with zero attached hydrogens (tertiary/aromatic N) is 2. The molecular weight excluding hydrogens is 372 g/mol. The molecule has 0 atom stereocenters. The second-order valence-corrected chi connectivity index (χ2v) is 6.39. The maximum absolute atomic E-state index is 12.2. The normalized spacial score (nSPS) is 10.2. The molecule has 1 aromatic carbocycles. The lowest BCUT2D eigenvalue weighted by atomic mass is 10.1. The van der Waals surface area contributed by atoms with Crippen molar-refractivity contribution in [3.63, 3.8) is 0 Å². The van der Waals surface area contributed by atoms with Crippen molar-refractivity contribution in [1.29, 1.82) is 0 Å². The van der Waals surface area contributed by atoms with Gasteiger partial charge < -0.3 is 20.3 Å². The molecule has 0 aliphatic heterocycles. The molecule has 0 fully saturated rings. The van der Waals surface area contributed by atoms with Gasteiger partial charge in [-0.3, -0.25) is 0 Å². The monoisotopic (exact) mass is 392 g/mol. The second-order valence-electron chi connectivity index (χ2n) is 5.47. The Morgan fingerprint density at radius 2 is 2.12 bits per heavy atom. The van der Waals surface area contributed by atoms with Gasteiger partial charge in [0.15, 0.2) is 0 Å². The molecule has 6 nitrogen and oxygen atoms in total. The number of hydrogen-bond acceptors (Lipinski definition) is 4. The molecule has 1 aromatic heterocycles. The number of rotatable bonds is 5. The fourth-order valence-corrected chi connectivity index (χ4v) is 2.74. The van der Waals surface area contributed by atoms with Crippen LogP contribution in [0, 0.1) is 6.92 Å². The summed E-state index contributed by atoms with van der Waals surface area (Å²) in [5, 5.41) is 5.70. The summed E-state index contributed by atoms with van der Waals surface area (Å²) >= 11 is 3.37. The molecule has 0 spiro atoms. The van der Waals surface area contributed by atoms with E-state index in [1.165, 1.54) is 0 Å². The maximum Gasteiger partial charge on any atom is 0.319 e. The van der Waals surface area contributed by atoms with Crippen molar-refractivity contribution in [1.82, 2.24) is 10.3 Å². The summed E-state index contributed by atoms with van der Waals surface area (Å²) in [5.41, 5.74) is 3.64. The molecule has 0 aliphatic rings. The van der Waals surface area contributed by atoms with E-state index < -0.39 is 0 Å². The molecule has 24 heavy (non-hydrogen) atoms. The first kappa shape index (κ1) is 18.1. The summed E-state index contributed by atoms with van der Waals surface area (Å²) in [4.78, 5) is 18.4. The molecule has 2 rings (SSSR count). The molecule has 0 saturated heterocycles. The first-order valence-electron chi connectivity index (χ1n) is 7.42. The zero-order valence-corrected chi connectivity index (χ0v) is 15.8. The number of methoxy groups -OCH3 is 1. The van der Waals surface area contributed by atoms with Gasteiger partial charge in [0.2, 0.25) is 5.88 Å². The highest BCUT2D eigenvalue weighted by Crippen LogP contribution is 2.25. The van der Waals surface area contributed by atoms with Crippen molar-refractivity contribution in [2.75, 3.05) is 31.4 Å². The Labute approximate surface area is 150 Å². The van der Waals surface area contributed by atoms with E-state index in [0.29, 0.717) is 12.4 Å². The Hall–Kier alpha value is -2.28. The van der Waals surface area contributed by atoms with Gasteiger partial charge in [-0.05, 0) is 46.6 Å². The third kappa shape index (κ3) is 4.38. The number of benzene rings is 1. The van der Waals surface area contributed by atoms with E-state index in [0.717, 1.165) is 27.0 Å². The van der Waals surface area contributed by atoms with Crippen molar-refractivity contribution in [2.24, 2.45) is 0 Å². The number of aromatic nitrogens is 1. The Kier molecular flexibility index (Phi) is 6.03. The van der Waals surface area contributed by atoms with Crippen molar-refractivity contribution >= 4 is 33.3 Å². The first-order valence-corrected chi connectivity index (χ1v) is 8.22. The number of hydrogen-bond donors (Lipinski definition) is 2. The molecule has 2 amide bonds. The topological polar surface area (TPSA) is 66.5 Å². The Morgan fingerprint density at radius 1 is 1.38 bits per heavy atom. The van der Waals surface area contributed by atoms with Crippen LogP contribution in [0.1, 0.15) is 11.1 Å². The van der Waals surface area contributed by atoms with E-state index in [2.05, 4.69) is 31.5 Å². The minimum atomic E-state index is -0.281. The highest BCUT2D eigenvalue weighted by Gasteiger charge is 2.10. The van der Waals surface area contributed by atoms with Crippen LogP contribution in [0.3, 0.4) is 0 Å². The molecule has 0 radical (unpaired) electrons. The number of urea groups is 1. The Bertz CT molecular complexity index is 735. The smallest absolute Gasteiger partial charge is 0.319 e. The fourth-order valence-electron chi connectivity index (χ4n) is 2.36. The molecule has 0 saturated carbocycles. The molecule has 2 N–H and O–H groups in total. The fraction of sp³-hybridized carbons (Fsp3) is 0.294. The van der Waals surface area contributed by atoms with E-state index in [1.54, 1.807) is 13.3 Å². The van der Waals surface area contributed by atoms with Crippen LogP contribution in [-0.2, 0) is 6.54 Å². The van der Waals surface area contributed by atoms with Crippen molar-refractivity contribution in [3.05, 3.63) is 46.1 Å². The lowest BCUT2D eigenvalue weighted by molar-refractivity contribution is 0.251. The number of anilines is 2. The highest BCUT2D eigenvalue weighted by molar-refractivity contribution is 9.10. The van der Waals surface area contributed by atoms with Crippen LogP contribution < -0.4 is 20.3 Å². The van der Waals surface area contributed by atoms with Crippen LogP contribution in [0.15, 0.2) is 34.9 Å². The van der Waals surface area contributed by atoms with Crippen LogP contribution in [0.25, 0.3) is 0 Å². The van der Waals surface area contributed by atoms with E-state index >= 15 is 0 Å². The zero-order chi connectivity index (χ0) is 17.7. The summed E-state index contributed by atoms with van der Waals surface area (Å²) in [6.07, 6.45) is 1.65. The standard InChI is InChI=1S/C17H21BrN4O2/c1-11-14(6-5-7-15(11)22(2)3)21-17(23)20-9-12-8-13(18)10-19-16(12)24-4/h5-8,10H,9H2,1-4H3,(H2,20,21,23). The van der Waals surface area contributed by atoms with Gasteiger partial charge in [-0.15, -0.1) is 0 Å². The van der Waals surface area contributed by atoms with Crippen molar-refractivity contribution < 1.29 is 9.53 Å². The summed E-state index contributed by atoms with van der Waals surface area (Å²) < 4.78 is 6.03. The summed E-state index contributed by atoms with van der Waals surface area (Å²) in [6, 6.07) is 7.39. The van der Waals surface area contributed by atoms with Crippen molar-refractivity contribution in [3.8, 4) is 5.88 Å². The van der Waals surface area contributed by atoms with Crippen LogP contribution in [0.4, 0.5) is 16.2 Å². The molecular formula is C17H21BrN4O2. The minimum Gasteiger partial charge on any atom is -0.481 e. The van der Waals surface area contributed by atoms with Gasteiger partial charge in [-0.2, -0.15) is 0 Å². The Morgan fingerprint density at radius 3 is 2.79 bits per heavy atom. The number of amides is 2. The average Bonchev–Trinajstić information content (AvgIpc) is 2.54. The minimum absolute atomic E-state index is 0.281. The maximum atomic E-state index is 12.2. The highest BCUT2D eigenvalue weighted by atomic mass is 79.9. The van der Waals surface area contributed by atoms with Crippen LogP contribution in [0.2, 0.25) is 0 Å². The number of halogens is 1. The number of carbonyl (C=O) groups is 1. The summed E-state index contributed by atoms with van der Waals surface area (Å²) in [5.74, 6) is 0.490. The molecule has 1 heterocycles. The number of nitrogens with one attached hydrogen (secondary N) is 2. The lowest BCUT2D eigenvalue weighted by Crippen LogP contribution is -2.29. The zero-order valence-electron chi connectivity index (χ0n) is 14.2. The Balaban J connectivity index is 2.05. The lowest BCUT2D eigenvalue weighted by Gasteiger charge is -2.18. The van der Waals surface area contributed by atoms with Crippen LogP contribution >= 0.6 is 15.9 Å². The number of ether oxygens (including phenoxy) is 1. The largest absolute Gasteiger partial charge is 0.481 e. The molecule has 128 valence electrons. The third-order valence-corrected chi connectivity index (χ3v) is 3.99. The molecule has 0 bridgehead atoms. The van der Waals surface area contributed by atoms with Crippen molar-refractivity contribution in [2.45, 2.75) is 13.5 Å². The summed E-state index contributed by atoms with van der Waals surface area (Å²) in [6.45, 7) is 2.29. The van der Waals surface area contributed by atoms with Gasteiger partial charge >= 0.3 is 6.03 Å².